The average molecular weight is 476 g/mol. The first-order valence-corrected chi connectivity index (χ1v) is 11.8. The molecule has 0 aliphatic carbocycles. The summed E-state index contributed by atoms with van der Waals surface area (Å²) in [6.07, 6.45) is 4.56. The number of carbonyl (C=O) groups excluding carboxylic acids is 2. The minimum Gasteiger partial charge on any atom is -0.494 e. The molecule has 3 rings (SSSR count). The Hall–Kier alpha value is -3.71. The van der Waals surface area contributed by atoms with Crippen molar-refractivity contribution < 1.29 is 14.3 Å². The molecule has 3 aromatic carbocycles. The molecule has 0 bridgehead atoms. The van der Waals surface area contributed by atoms with Gasteiger partial charge in [0.1, 0.15) is 5.75 Å². The summed E-state index contributed by atoms with van der Waals surface area (Å²) in [6.45, 7) is 2.83. The minimum absolute atomic E-state index is 0.00230. The first kappa shape index (κ1) is 24.9. The summed E-state index contributed by atoms with van der Waals surface area (Å²) in [4.78, 5) is 24.8. The molecule has 6 nitrogen and oxygen atoms in total. The van der Waals surface area contributed by atoms with Gasteiger partial charge in [-0.15, -0.1) is 0 Å². The predicted octanol–water partition coefficient (Wildman–Crippen LogP) is 5.26. The van der Waals surface area contributed by atoms with Crippen LogP contribution in [0.15, 0.2) is 78.9 Å². The van der Waals surface area contributed by atoms with E-state index in [1.807, 2.05) is 42.5 Å². The number of amides is 2. The highest BCUT2D eigenvalue weighted by atomic mass is 32.1. The van der Waals surface area contributed by atoms with Crippen LogP contribution in [0.5, 0.6) is 5.75 Å². The molecule has 0 saturated heterocycles. The second-order valence-electron chi connectivity index (χ2n) is 7.74. The highest BCUT2D eigenvalue weighted by molar-refractivity contribution is 7.80. The molecule has 0 unspecified atom stereocenters. The number of thiocarbonyl (C=S) groups is 1. The van der Waals surface area contributed by atoms with E-state index < -0.39 is 0 Å². The molecule has 2 amide bonds. The number of rotatable bonds is 9. The number of hydrogen-bond donors (Lipinski definition) is 3. The van der Waals surface area contributed by atoms with Crippen LogP contribution in [0.4, 0.5) is 0 Å². The monoisotopic (exact) mass is 475 g/mol. The maximum atomic E-state index is 12.4. The molecule has 0 spiro atoms. The summed E-state index contributed by atoms with van der Waals surface area (Å²) < 4.78 is 5.69. The van der Waals surface area contributed by atoms with Crippen molar-refractivity contribution in [1.82, 2.24) is 16.2 Å². The number of hydrazine groups is 1. The molecule has 0 radical (unpaired) electrons. The van der Waals surface area contributed by atoms with E-state index in [9.17, 15) is 9.59 Å². The molecule has 0 atom stereocenters. The van der Waals surface area contributed by atoms with Crippen molar-refractivity contribution in [1.29, 1.82) is 0 Å². The maximum Gasteiger partial charge on any atom is 0.269 e. The third kappa shape index (κ3) is 7.71. The highest BCUT2D eigenvalue weighted by Crippen LogP contribution is 2.19. The lowest BCUT2D eigenvalue weighted by atomic mass is 10.0. The molecule has 0 saturated carbocycles. The number of benzene rings is 3. The van der Waals surface area contributed by atoms with Crippen molar-refractivity contribution in [2.75, 3.05) is 6.61 Å². The molecule has 0 aliphatic rings. The smallest absolute Gasteiger partial charge is 0.269 e. The van der Waals surface area contributed by atoms with Crippen molar-refractivity contribution in [3.8, 4) is 16.9 Å². The van der Waals surface area contributed by atoms with E-state index in [1.54, 1.807) is 36.4 Å². The fourth-order valence-corrected chi connectivity index (χ4v) is 3.40. The standard InChI is InChI=1S/C27H29N3O3S/c1-2-3-4-8-19-33-24-17-15-23(16-18-24)26(32)29-30-27(34)28-25(31)22-13-11-21(12-14-22)20-9-6-5-7-10-20/h5-7,9-18H,2-4,8,19H2,1H3,(H,29,32)(H2,28,30,31,34). The van der Waals surface area contributed by atoms with Gasteiger partial charge in [-0.25, -0.2) is 0 Å². The average Bonchev–Trinajstić information content (AvgIpc) is 2.88. The maximum absolute atomic E-state index is 12.4. The summed E-state index contributed by atoms with van der Waals surface area (Å²) >= 11 is 5.12. The van der Waals surface area contributed by atoms with Gasteiger partial charge in [-0.05, 0) is 66.2 Å². The van der Waals surface area contributed by atoms with Crippen LogP contribution < -0.4 is 20.9 Å². The van der Waals surface area contributed by atoms with Gasteiger partial charge in [0, 0.05) is 11.1 Å². The molecule has 34 heavy (non-hydrogen) atoms. The van der Waals surface area contributed by atoms with Gasteiger partial charge < -0.3 is 4.74 Å². The Balaban J connectivity index is 1.42. The third-order valence-electron chi connectivity index (χ3n) is 5.15. The molecule has 0 aromatic heterocycles. The third-order valence-corrected chi connectivity index (χ3v) is 5.36. The fourth-order valence-electron chi connectivity index (χ4n) is 3.26. The molecule has 0 aliphatic heterocycles. The van der Waals surface area contributed by atoms with E-state index in [4.69, 9.17) is 17.0 Å². The molecule has 3 aromatic rings. The van der Waals surface area contributed by atoms with E-state index in [2.05, 4.69) is 23.1 Å². The first-order valence-electron chi connectivity index (χ1n) is 11.4. The lowest BCUT2D eigenvalue weighted by molar-refractivity contribution is 0.0934. The molecular weight excluding hydrogens is 446 g/mol. The Kier molecular flexibility index (Phi) is 9.61. The number of ether oxygens (including phenoxy) is 1. The Morgan fingerprint density at radius 3 is 2.03 bits per heavy atom. The summed E-state index contributed by atoms with van der Waals surface area (Å²) in [6, 6.07) is 24.0. The fraction of sp³-hybridized carbons (Fsp3) is 0.222. The number of hydrogen-bond acceptors (Lipinski definition) is 4. The highest BCUT2D eigenvalue weighted by Gasteiger charge is 2.10. The summed E-state index contributed by atoms with van der Waals surface area (Å²) in [7, 11) is 0. The second-order valence-corrected chi connectivity index (χ2v) is 8.15. The van der Waals surface area contributed by atoms with Crippen molar-refractivity contribution in [2.45, 2.75) is 32.6 Å². The van der Waals surface area contributed by atoms with Crippen LogP contribution in [0.2, 0.25) is 0 Å². The van der Waals surface area contributed by atoms with Crippen molar-refractivity contribution in [2.24, 2.45) is 0 Å². The van der Waals surface area contributed by atoms with E-state index in [0.717, 1.165) is 29.7 Å². The summed E-state index contributed by atoms with van der Waals surface area (Å²) in [5, 5.41) is 2.55. The Labute approximate surface area is 205 Å². The zero-order valence-electron chi connectivity index (χ0n) is 19.2. The Morgan fingerprint density at radius 2 is 1.35 bits per heavy atom. The van der Waals surface area contributed by atoms with E-state index in [0.29, 0.717) is 17.7 Å². The zero-order chi connectivity index (χ0) is 24.2. The quantitative estimate of drug-likeness (QED) is 0.223. The molecular formula is C27H29N3O3S. The van der Waals surface area contributed by atoms with Crippen molar-refractivity contribution >= 4 is 29.1 Å². The summed E-state index contributed by atoms with van der Waals surface area (Å²) in [5.41, 5.74) is 8.02. The van der Waals surface area contributed by atoms with Crippen LogP contribution in [0.3, 0.4) is 0 Å². The van der Waals surface area contributed by atoms with E-state index in [1.165, 1.54) is 12.8 Å². The second kappa shape index (κ2) is 13.1. The van der Waals surface area contributed by atoms with Gasteiger partial charge in [-0.1, -0.05) is 68.7 Å². The number of carbonyl (C=O) groups is 2. The van der Waals surface area contributed by atoms with Crippen LogP contribution in [0.25, 0.3) is 11.1 Å². The molecule has 3 N–H and O–H groups in total. The molecule has 0 fully saturated rings. The van der Waals surface area contributed by atoms with Crippen LogP contribution >= 0.6 is 12.2 Å². The van der Waals surface area contributed by atoms with E-state index in [-0.39, 0.29) is 16.9 Å². The van der Waals surface area contributed by atoms with E-state index >= 15 is 0 Å². The lowest BCUT2D eigenvalue weighted by Gasteiger charge is -2.11. The van der Waals surface area contributed by atoms with Gasteiger partial charge in [0.15, 0.2) is 5.11 Å². The molecule has 0 heterocycles. The van der Waals surface area contributed by atoms with Gasteiger partial charge in [0.05, 0.1) is 6.61 Å². The van der Waals surface area contributed by atoms with Crippen LogP contribution in [0.1, 0.15) is 53.3 Å². The topological polar surface area (TPSA) is 79.5 Å². The van der Waals surface area contributed by atoms with Gasteiger partial charge in [0.25, 0.3) is 11.8 Å². The number of nitrogens with one attached hydrogen (secondary N) is 3. The minimum atomic E-state index is -0.377. The predicted molar refractivity (Wildman–Crippen MR) is 139 cm³/mol. The van der Waals surface area contributed by atoms with Gasteiger partial charge in [0.2, 0.25) is 0 Å². The molecule has 7 heteroatoms. The van der Waals surface area contributed by atoms with Gasteiger partial charge in [-0.2, -0.15) is 0 Å². The van der Waals surface area contributed by atoms with Crippen molar-refractivity contribution in [3.63, 3.8) is 0 Å². The SMILES string of the molecule is CCCCCCOc1ccc(C(=O)NNC(=S)NC(=O)c2ccc(-c3ccccc3)cc2)cc1. The Morgan fingerprint density at radius 1 is 0.735 bits per heavy atom. The van der Waals surface area contributed by atoms with Crippen LogP contribution in [-0.2, 0) is 0 Å². The normalized spacial score (nSPS) is 10.3. The Bertz CT molecular complexity index is 1080. The van der Waals surface area contributed by atoms with Gasteiger partial charge in [-0.3, -0.25) is 25.8 Å². The van der Waals surface area contributed by atoms with Crippen LogP contribution in [0, 0.1) is 0 Å². The molecule has 176 valence electrons. The lowest BCUT2D eigenvalue weighted by Crippen LogP contribution is -2.48. The largest absolute Gasteiger partial charge is 0.494 e. The first-order chi connectivity index (χ1) is 16.6. The summed E-state index contributed by atoms with van der Waals surface area (Å²) in [5.74, 6) is -0.0211. The zero-order valence-corrected chi connectivity index (χ0v) is 20.0. The van der Waals surface area contributed by atoms with Gasteiger partial charge >= 0.3 is 0 Å². The van der Waals surface area contributed by atoms with Crippen molar-refractivity contribution in [3.05, 3.63) is 90.0 Å². The number of unbranched alkanes of at least 4 members (excludes halogenated alkanes) is 3. The van der Waals surface area contributed by atoms with Crippen LogP contribution in [-0.4, -0.2) is 23.5 Å².